The van der Waals surface area contributed by atoms with Crippen LogP contribution in [0.4, 0.5) is 0 Å². The van der Waals surface area contributed by atoms with E-state index >= 15 is 0 Å². The molecule has 1 aliphatic heterocycles. The molecular weight excluding hydrogens is 242 g/mol. The predicted molar refractivity (Wildman–Crippen MR) is 65.7 cm³/mol. The van der Waals surface area contributed by atoms with Gasteiger partial charge in [0, 0.05) is 19.3 Å². The zero-order chi connectivity index (χ0) is 13.1. The van der Waals surface area contributed by atoms with Crippen LogP contribution in [0.2, 0.25) is 0 Å². The third kappa shape index (κ3) is 3.96. The fourth-order valence-electron chi connectivity index (χ4n) is 2.33. The maximum atomic E-state index is 11.3. The van der Waals surface area contributed by atoms with Crippen LogP contribution in [-0.2, 0) is 14.6 Å². The van der Waals surface area contributed by atoms with Crippen LogP contribution >= 0.6 is 0 Å². The summed E-state index contributed by atoms with van der Waals surface area (Å²) in [6, 6.07) is 0. The van der Waals surface area contributed by atoms with Gasteiger partial charge >= 0.3 is 5.97 Å². The second kappa shape index (κ2) is 5.35. The van der Waals surface area contributed by atoms with E-state index in [1.54, 1.807) is 0 Å². The van der Waals surface area contributed by atoms with Crippen molar-refractivity contribution in [3.63, 3.8) is 0 Å². The second-order valence-electron chi connectivity index (χ2n) is 4.95. The molecule has 6 heteroatoms. The summed E-state index contributed by atoms with van der Waals surface area (Å²) in [6.07, 6.45) is 3.32. The van der Waals surface area contributed by atoms with E-state index in [0.29, 0.717) is 25.9 Å². The van der Waals surface area contributed by atoms with Gasteiger partial charge in [-0.15, -0.1) is 0 Å². The van der Waals surface area contributed by atoms with Gasteiger partial charge in [0.05, 0.1) is 11.2 Å². The molecule has 1 atom stereocenters. The summed E-state index contributed by atoms with van der Waals surface area (Å²) in [6.45, 7) is 3.58. The highest BCUT2D eigenvalue weighted by atomic mass is 32.2. The van der Waals surface area contributed by atoms with E-state index in [1.807, 2.05) is 11.8 Å². The molecule has 0 aromatic carbocycles. The van der Waals surface area contributed by atoms with Crippen molar-refractivity contribution in [3.05, 3.63) is 0 Å². The monoisotopic (exact) mass is 263 g/mol. The normalized spacial score (nSPS) is 26.9. The lowest BCUT2D eigenvalue weighted by Crippen LogP contribution is -2.48. The molecule has 0 amide bonds. The number of carboxylic acids is 1. The highest BCUT2D eigenvalue weighted by molar-refractivity contribution is 7.90. The summed E-state index contributed by atoms with van der Waals surface area (Å²) in [5, 5.41) is 9.29. The summed E-state index contributed by atoms with van der Waals surface area (Å²) >= 11 is 0. The maximum Gasteiger partial charge on any atom is 0.310 e. The Hall–Kier alpha value is -0.620. The summed E-state index contributed by atoms with van der Waals surface area (Å²) in [5.74, 6) is -0.657. The van der Waals surface area contributed by atoms with Gasteiger partial charge in [0.25, 0.3) is 0 Å². The van der Waals surface area contributed by atoms with Crippen molar-refractivity contribution in [1.82, 2.24) is 4.90 Å². The van der Waals surface area contributed by atoms with Gasteiger partial charge in [-0.2, -0.15) is 0 Å². The fourth-order valence-corrected chi connectivity index (χ4v) is 2.92. The Morgan fingerprint density at radius 2 is 2.12 bits per heavy atom. The van der Waals surface area contributed by atoms with Crippen LogP contribution in [0.1, 0.15) is 26.2 Å². The van der Waals surface area contributed by atoms with Gasteiger partial charge in [0.15, 0.2) is 0 Å². The number of hydrogen-bond acceptors (Lipinski definition) is 4. The Balaban J connectivity index is 2.63. The van der Waals surface area contributed by atoms with Crippen molar-refractivity contribution < 1.29 is 18.3 Å². The molecule has 100 valence electrons. The van der Waals surface area contributed by atoms with Crippen LogP contribution in [-0.4, -0.2) is 56.0 Å². The number of likely N-dealkylation sites (tertiary alicyclic amines) is 1. The van der Waals surface area contributed by atoms with E-state index in [0.717, 1.165) is 13.0 Å². The molecule has 5 nitrogen and oxygen atoms in total. The van der Waals surface area contributed by atoms with Gasteiger partial charge in [0.1, 0.15) is 9.84 Å². The molecule has 17 heavy (non-hydrogen) atoms. The van der Waals surface area contributed by atoms with Gasteiger partial charge in [0.2, 0.25) is 0 Å². The Labute approximate surface area is 103 Å². The van der Waals surface area contributed by atoms with Crippen LogP contribution in [0.3, 0.4) is 0 Å². The quantitative estimate of drug-likeness (QED) is 0.786. The SMILES string of the molecule is CCC1(C(=O)O)CCCN(CCS(C)(=O)=O)C1. The van der Waals surface area contributed by atoms with Gasteiger partial charge < -0.3 is 10.0 Å². The predicted octanol–water partition coefficient (Wildman–Crippen LogP) is 0.608. The average molecular weight is 263 g/mol. The van der Waals surface area contributed by atoms with Crippen molar-refractivity contribution in [2.24, 2.45) is 5.41 Å². The van der Waals surface area contributed by atoms with Crippen molar-refractivity contribution in [2.75, 3.05) is 31.6 Å². The third-order valence-corrected chi connectivity index (χ3v) is 4.49. The van der Waals surface area contributed by atoms with E-state index in [4.69, 9.17) is 0 Å². The molecule has 0 aromatic rings. The van der Waals surface area contributed by atoms with Crippen molar-refractivity contribution in [1.29, 1.82) is 0 Å². The molecule has 1 N–H and O–H groups in total. The van der Waals surface area contributed by atoms with Gasteiger partial charge in [-0.25, -0.2) is 8.42 Å². The van der Waals surface area contributed by atoms with E-state index in [-0.39, 0.29) is 5.75 Å². The van der Waals surface area contributed by atoms with Gasteiger partial charge in [-0.05, 0) is 25.8 Å². The van der Waals surface area contributed by atoms with E-state index in [2.05, 4.69) is 0 Å². The second-order valence-corrected chi connectivity index (χ2v) is 7.21. The van der Waals surface area contributed by atoms with Crippen molar-refractivity contribution in [3.8, 4) is 0 Å². The zero-order valence-electron chi connectivity index (χ0n) is 10.5. The maximum absolute atomic E-state index is 11.3. The lowest BCUT2D eigenvalue weighted by Gasteiger charge is -2.39. The molecule has 0 radical (unpaired) electrons. The smallest absolute Gasteiger partial charge is 0.310 e. The molecule has 0 saturated carbocycles. The first-order chi connectivity index (χ1) is 7.79. The van der Waals surface area contributed by atoms with Crippen LogP contribution in [0.25, 0.3) is 0 Å². The Bertz CT molecular complexity index is 379. The first-order valence-electron chi connectivity index (χ1n) is 5.92. The molecule has 1 heterocycles. The Kier molecular flexibility index (Phi) is 4.55. The summed E-state index contributed by atoms with van der Waals surface area (Å²) in [7, 11) is -2.98. The molecule has 0 aromatic heterocycles. The highest BCUT2D eigenvalue weighted by Crippen LogP contribution is 2.33. The Morgan fingerprint density at radius 3 is 2.59 bits per heavy atom. The molecule has 0 bridgehead atoms. The number of rotatable bonds is 5. The number of sulfone groups is 1. The van der Waals surface area contributed by atoms with E-state index in [9.17, 15) is 18.3 Å². The number of nitrogens with zero attached hydrogens (tertiary/aromatic N) is 1. The largest absolute Gasteiger partial charge is 0.481 e. The number of aliphatic carboxylic acids is 1. The lowest BCUT2D eigenvalue weighted by molar-refractivity contribution is -0.152. The van der Waals surface area contributed by atoms with Crippen LogP contribution in [0, 0.1) is 5.41 Å². The van der Waals surface area contributed by atoms with E-state index < -0.39 is 21.2 Å². The van der Waals surface area contributed by atoms with Crippen LogP contribution in [0.5, 0.6) is 0 Å². The van der Waals surface area contributed by atoms with Crippen molar-refractivity contribution >= 4 is 15.8 Å². The van der Waals surface area contributed by atoms with Crippen LogP contribution in [0.15, 0.2) is 0 Å². The molecule has 0 aliphatic carbocycles. The topological polar surface area (TPSA) is 74.7 Å². The fraction of sp³-hybridized carbons (Fsp3) is 0.909. The van der Waals surface area contributed by atoms with Crippen LogP contribution < -0.4 is 0 Å². The molecule has 1 aliphatic rings. The first-order valence-corrected chi connectivity index (χ1v) is 7.98. The number of carboxylic acid groups (broad SMARTS) is 1. The molecular formula is C11H21NO4S. The lowest BCUT2D eigenvalue weighted by atomic mass is 9.78. The minimum Gasteiger partial charge on any atom is -0.481 e. The molecule has 0 spiro atoms. The molecule has 1 fully saturated rings. The number of hydrogen-bond donors (Lipinski definition) is 1. The number of piperidine rings is 1. The molecule has 1 rings (SSSR count). The molecule has 1 unspecified atom stereocenters. The van der Waals surface area contributed by atoms with E-state index in [1.165, 1.54) is 6.26 Å². The summed E-state index contributed by atoms with van der Waals surface area (Å²) in [5.41, 5.74) is -0.685. The molecule has 1 saturated heterocycles. The number of carbonyl (C=O) groups is 1. The third-order valence-electron chi connectivity index (χ3n) is 3.56. The minimum absolute atomic E-state index is 0.104. The van der Waals surface area contributed by atoms with Gasteiger partial charge in [-0.1, -0.05) is 6.92 Å². The first kappa shape index (κ1) is 14.4. The Morgan fingerprint density at radius 1 is 1.47 bits per heavy atom. The standard InChI is InChI=1S/C11H21NO4S/c1-3-11(10(13)14)5-4-6-12(9-11)7-8-17(2,15)16/h3-9H2,1-2H3,(H,13,14). The zero-order valence-corrected chi connectivity index (χ0v) is 11.3. The summed E-state index contributed by atoms with van der Waals surface area (Å²) < 4.78 is 22.2. The van der Waals surface area contributed by atoms with Crippen molar-refractivity contribution in [2.45, 2.75) is 26.2 Å². The minimum atomic E-state index is -2.98. The average Bonchev–Trinajstić information content (AvgIpc) is 2.25. The highest BCUT2D eigenvalue weighted by Gasteiger charge is 2.40. The summed E-state index contributed by atoms with van der Waals surface area (Å²) in [4.78, 5) is 13.3. The van der Waals surface area contributed by atoms with Gasteiger partial charge in [-0.3, -0.25) is 4.79 Å².